The van der Waals surface area contributed by atoms with Gasteiger partial charge in [-0.05, 0) is 24.3 Å². The summed E-state index contributed by atoms with van der Waals surface area (Å²) in [6.45, 7) is 6.29. The molecule has 0 aliphatic rings. The molecule has 1 aromatic carbocycles. The van der Waals surface area contributed by atoms with E-state index in [9.17, 15) is 9.90 Å². The molecular formula is C16H22N2O3. The Morgan fingerprint density at radius 3 is 2.76 bits per heavy atom. The van der Waals surface area contributed by atoms with Gasteiger partial charge < -0.3 is 20.2 Å². The van der Waals surface area contributed by atoms with E-state index in [0.29, 0.717) is 30.4 Å². The number of aliphatic hydroxyl groups excluding tert-OH is 1. The molecule has 5 nitrogen and oxygen atoms in total. The lowest BCUT2D eigenvalue weighted by molar-refractivity contribution is -0.115. The Morgan fingerprint density at radius 2 is 2.10 bits per heavy atom. The zero-order chi connectivity index (χ0) is 15.4. The second-order valence-electron chi connectivity index (χ2n) is 5.38. The summed E-state index contributed by atoms with van der Waals surface area (Å²) in [7, 11) is 0. The molecule has 3 N–H and O–H groups in total. The second-order valence-corrected chi connectivity index (χ2v) is 5.38. The molecule has 114 valence electrons. The minimum atomic E-state index is -0.687. The van der Waals surface area contributed by atoms with Crippen molar-refractivity contribution in [1.29, 1.82) is 0 Å². The molecule has 0 bridgehead atoms. The predicted octanol–water partition coefficient (Wildman–Crippen LogP) is 2.81. The Hall–Kier alpha value is -1.85. The van der Waals surface area contributed by atoms with Gasteiger partial charge >= 0.3 is 0 Å². The fourth-order valence-corrected chi connectivity index (χ4v) is 2.00. The van der Waals surface area contributed by atoms with Gasteiger partial charge in [-0.1, -0.05) is 20.8 Å². The van der Waals surface area contributed by atoms with Crippen molar-refractivity contribution in [3.8, 4) is 0 Å². The lowest BCUT2D eigenvalue weighted by Crippen LogP contribution is -2.27. The third-order valence-electron chi connectivity index (χ3n) is 3.19. The number of amides is 1. The summed E-state index contributed by atoms with van der Waals surface area (Å²) in [6, 6.07) is 7.55. The van der Waals surface area contributed by atoms with E-state index in [-0.39, 0.29) is 5.91 Å². The zero-order valence-electron chi connectivity index (χ0n) is 12.6. The molecule has 1 amide bonds. The number of hydrogen-bond acceptors (Lipinski definition) is 4. The number of benzene rings is 1. The molecule has 1 heterocycles. The van der Waals surface area contributed by atoms with Crippen LogP contribution in [-0.4, -0.2) is 23.6 Å². The minimum absolute atomic E-state index is 0.0285. The van der Waals surface area contributed by atoms with Crippen LogP contribution in [0.1, 0.15) is 39.1 Å². The molecule has 1 atom stereocenters. The quantitative estimate of drug-likeness (QED) is 0.764. The van der Waals surface area contributed by atoms with E-state index < -0.39 is 6.10 Å². The summed E-state index contributed by atoms with van der Waals surface area (Å²) in [5.41, 5.74) is 1.43. The van der Waals surface area contributed by atoms with Gasteiger partial charge in [0.2, 0.25) is 5.91 Å². The van der Waals surface area contributed by atoms with Crippen molar-refractivity contribution in [3.05, 3.63) is 30.0 Å². The Balaban J connectivity index is 2.15. The van der Waals surface area contributed by atoms with Crippen LogP contribution in [0.4, 0.5) is 5.69 Å². The highest BCUT2D eigenvalue weighted by Crippen LogP contribution is 2.26. The fraction of sp³-hybridized carbons (Fsp3) is 0.438. The standard InChI is InChI=1S/C16H22N2O3/c1-4-16(20)18-12-5-6-14-11(7-12)8-15(21-14)13(19)9-17-10(2)3/h5-8,10,13,17,19H,4,9H2,1-3H3,(H,18,20). The van der Waals surface area contributed by atoms with E-state index in [4.69, 9.17) is 4.42 Å². The number of furan rings is 1. The summed E-state index contributed by atoms with van der Waals surface area (Å²) >= 11 is 0. The normalized spacial score (nSPS) is 12.8. The Bertz CT molecular complexity index is 619. The SMILES string of the molecule is CCC(=O)Nc1ccc2oc(C(O)CNC(C)C)cc2c1. The highest BCUT2D eigenvalue weighted by Gasteiger charge is 2.14. The first kappa shape index (κ1) is 15.5. The van der Waals surface area contributed by atoms with Crippen LogP contribution in [-0.2, 0) is 4.79 Å². The van der Waals surface area contributed by atoms with Gasteiger partial charge in [0.15, 0.2) is 0 Å². The largest absolute Gasteiger partial charge is 0.458 e. The van der Waals surface area contributed by atoms with Crippen molar-refractivity contribution in [1.82, 2.24) is 5.32 Å². The minimum Gasteiger partial charge on any atom is -0.458 e. The molecule has 1 unspecified atom stereocenters. The van der Waals surface area contributed by atoms with Crippen LogP contribution in [0.15, 0.2) is 28.7 Å². The summed E-state index contributed by atoms with van der Waals surface area (Å²) < 4.78 is 5.65. The van der Waals surface area contributed by atoms with E-state index in [2.05, 4.69) is 10.6 Å². The van der Waals surface area contributed by atoms with Crippen LogP contribution in [0.3, 0.4) is 0 Å². The number of carbonyl (C=O) groups is 1. The first-order valence-corrected chi connectivity index (χ1v) is 7.24. The summed E-state index contributed by atoms with van der Waals surface area (Å²) in [5.74, 6) is 0.497. The maximum absolute atomic E-state index is 11.4. The molecule has 0 saturated carbocycles. The van der Waals surface area contributed by atoms with Gasteiger partial charge in [0.05, 0.1) is 0 Å². The van der Waals surface area contributed by atoms with Crippen LogP contribution >= 0.6 is 0 Å². The first-order valence-electron chi connectivity index (χ1n) is 7.24. The van der Waals surface area contributed by atoms with Gasteiger partial charge in [0.1, 0.15) is 17.4 Å². The molecule has 0 radical (unpaired) electrons. The smallest absolute Gasteiger partial charge is 0.224 e. The van der Waals surface area contributed by atoms with Crippen molar-refractivity contribution in [2.24, 2.45) is 0 Å². The summed E-state index contributed by atoms with van der Waals surface area (Å²) in [5, 5.41) is 16.9. The van der Waals surface area contributed by atoms with Gasteiger partial charge in [-0.3, -0.25) is 4.79 Å². The maximum Gasteiger partial charge on any atom is 0.224 e. The molecule has 5 heteroatoms. The third-order valence-corrected chi connectivity index (χ3v) is 3.19. The number of rotatable bonds is 6. The Morgan fingerprint density at radius 1 is 1.33 bits per heavy atom. The highest BCUT2D eigenvalue weighted by atomic mass is 16.4. The Kier molecular flexibility index (Phi) is 4.98. The molecule has 1 aromatic heterocycles. The van der Waals surface area contributed by atoms with Crippen LogP contribution in [0.25, 0.3) is 11.0 Å². The van der Waals surface area contributed by atoms with Gasteiger partial charge in [-0.15, -0.1) is 0 Å². The number of hydrogen-bond donors (Lipinski definition) is 3. The van der Waals surface area contributed by atoms with Crippen molar-refractivity contribution < 1.29 is 14.3 Å². The number of nitrogens with one attached hydrogen (secondary N) is 2. The van der Waals surface area contributed by atoms with Crippen LogP contribution in [0.5, 0.6) is 0 Å². The van der Waals surface area contributed by atoms with Gasteiger partial charge in [0, 0.05) is 30.1 Å². The van der Waals surface area contributed by atoms with Gasteiger partial charge in [-0.2, -0.15) is 0 Å². The maximum atomic E-state index is 11.4. The summed E-state index contributed by atoms with van der Waals surface area (Å²) in [6.07, 6.45) is -0.248. The lowest BCUT2D eigenvalue weighted by Gasteiger charge is -2.11. The highest BCUT2D eigenvalue weighted by molar-refractivity contribution is 5.93. The molecular weight excluding hydrogens is 268 g/mol. The molecule has 0 saturated heterocycles. The van der Waals surface area contributed by atoms with E-state index in [1.54, 1.807) is 12.1 Å². The molecule has 2 rings (SSSR count). The number of aliphatic hydroxyl groups is 1. The predicted molar refractivity (Wildman–Crippen MR) is 83.2 cm³/mol. The van der Waals surface area contributed by atoms with E-state index in [1.807, 2.05) is 32.9 Å². The number of anilines is 1. The monoisotopic (exact) mass is 290 g/mol. The third kappa shape index (κ3) is 4.06. The average molecular weight is 290 g/mol. The van der Waals surface area contributed by atoms with Crippen molar-refractivity contribution in [2.75, 3.05) is 11.9 Å². The van der Waals surface area contributed by atoms with E-state index in [1.165, 1.54) is 0 Å². The Labute approximate surface area is 124 Å². The zero-order valence-corrected chi connectivity index (χ0v) is 12.6. The van der Waals surface area contributed by atoms with E-state index >= 15 is 0 Å². The van der Waals surface area contributed by atoms with Gasteiger partial charge in [-0.25, -0.2) is 0 Å². The van der Waals surface area contributed by atoms with Crippen LogP contribution in [0, 0.1) is 0 Å². The van der Waals surface area contributed by atoms with Crippen LogP contribution < -0.4 is 10.6 Å². The molecule has 0 spiro atoms. The second kappa shape index (κ2) is 6.74. The topological polar surface area (TPSA) is 74.5 Å². The number of carbonyl (C=O) groups excluding carboxylic acids is 1. The molecule has 0 aliphatic heterocycles. The number of fused-ring (bicyclic) bond motifs is 1. The van der Waals surface area contributed by atoms with Crippen molar-refractivity contribution in [2.45, 2.75) is 39.3 Å². The van der Waals surface area contributed by atoms with Crippen molar-refractivity contribution in [3.63, 3.8) is 0 Å². The molecule has 2 aromatic rings. The van der Waals surface area contributed by atoms with Crippen molar-refractivity contribution >= 4 is 22.6 Å². The van der Waals surface area contributed by atoms with Crippen LogP contribution in [0.2, 0.25) is 0 Å². The first-order chi connectivity index (χ1) is 9.99. The molecule has 0 aliphatic carbocycles. The summed E-state index contributed by atoms with van der Waals surface area (Å²) in [4.78, 5) is 11.4. The van der Waals surface area contributed by atoms with Gasteiger partial charge in [0.25, 0.3) is 0 Å². The molecule has 21 heavy (non-hydrogen) atoms. The molecule has 0 fully saturated rings. The lowest BCUT2D eigenvalue weighted by atomic mass is 10.2. The fourth-order valence-electron chi connectivity index (χ4n) is 2.00. The van der Waals surface area contributed by atoms with E-state index in [0.717, 1.165) is 11.1 Å². The average Bonchev–Trinajstić information content (AvgIpc) is 2.87.